The second-order valence-corrected chi connectivity index (χ2v) is 6.21. The molecule has 1 aromatic heterocycles. The number of carbonyl (C=O) groups is 1. The molecule has 0 aliphatic heterocycles. The summed E-state index contributed by atoms with van der Waals surface area (Å²) < 4.78 is 0. The van der Waals surface area contributed by atoms with Gasteiger partial charge in [-0.25, -0.2) is 9.78 Å². The molecule has 104 valence electrons. The van der Waals surface area contributed by atoms with Crippen molar-refractivity contribution in [3.05, 3.63) is 52.0 Å². The minimum absolute atomic E-state index is 0.0854. The van der Waals surface area contributed by atoms with E-state index in [-0.39, 0.29) is 11.1 Å². The van der Waals surface area contributed by atoms with Gasteiger partial charge in [-0.3, -0.25) is 0 Å². The molecular formula is C16H17NO2S. The molecule has 3 rings (SSSR count). The van der Waals surface area contributed by atoms with Crippen molar-refractivity contribution < 1.29 is 9.90 Å². The Hall–Kier alpha value is -1.68. The molecule has 1 aliphatic carbocycles. The van der Waals surface area contributed by atoms with Crippen LogP contribution in [0, 0.1) is 0 Å². The topological polar surface area (TPSA) is 50.2 Å². The summed E-state index contributed by atoms with van der Waals surface area (Å²) >= 11 is 1.49. The van der Waals surface area contributed by atoms with Crippen molar-refractivity contribution in [3.63, 3.8) is 0 Å². The van der Waals surface area contributed by atoms with Crippen LogP contribution in [0.2, 0.25) is 0 Å². The Morgan fingerprint density at radius 1 is 1.15 bits per heavy atom. The molecule has 1 saturated carbocycles. The van der Waals surface area contributed by atoms with E-state index in [0.717, 1.165) is 17.8 Å². The highest BCUT2D eigenvalue weighted by Gasteiger charge is 2.38. The van der Waals surface area contributed by atoms with Gasteiger partial charge in [0.2, 0.25) is 0 Å². The second-order valence-electron chi connectivity index (χ2n) is 5.35. The van der Waals surface area contributed by atoms with Crippen LogP contribution in [0.1, 0.15) is 53.2 Å². The molecule has 0 atom stereocenters. The van der Waals surface area contributed by atoms with E-state index in [2.05, 4.69) is 29.2 Å². The average molecular weight is 287 g/mol. The first-order chi connectivity index (χ1) is 9.72. The summed E-state index contributed by atoms with van der Waals surface area (Å²) in [6, 6.07) is 10.4. The summed E-state index contributed by atoms with van der Waals surface area (Å²) in [4.78, 5) is 15.5. The number of hydrogen-bond donors (Lipinski definition) is 1. The molecular weight excluding hydrogens is 270 g/mol. The average Bonchev–Trinajstić information content (AvgIpc) is 2.99. The molecule has 0 spiro atoms. The van der Waals surface area contributed by atoms with Crippen molar-refractivity contribution in [3.8, 4) is 0 Å². The van der Waals surface area contributed by atoms with Crippen molar-refractivity contribution >= 4 is 17.3 Å². The summed E-state index contributed by atoms with van der Waals surface area (Å²) in [6.07, 6.45) is 5.73. The Balaban J connectivity index is 2.07. The van der Waals surface area contributed by atoms with Gasteiger partial charge in [-0.2, -0.15) is 0 Å². The monoisotopic (exact) mass is 287 g/mol. The number of rotatable bonds is 3. The summed E-state index contributed by atoms with van der Waals surface area (Å²) in [5.41, 5.74) is 1.36. The van der Waals surface area contributed by atoms with Gasteiger partial charge in [-0.1, -0.05) is 49.6 Å². The van der Waals surface area contributed by atoms with Crippen LogP contribution in [-0.2, 0) is 5.41 Å². The van der Waals surface area contributed by atoms with Crippen molar-refractivity contribution in [2.24, 2.45) is 0 Å². The van der Waals surface area contributed by atoms with Crippen LogP contribution in [-0.4, -0.2) is 16.1 Å². The molecule has 4 heteroatoms. The first-order valence-electron chi connectivity index (χ1n) is 6.97. The Kier molecular flexibility index (Phi) is 3.57. The van der Waals surface area contributed by atoms with E-state index in [1.807, 2.05) is 6.07 Å². The standard InChI is InChI=1S/C16H17NO2S/c18-14(19)13-11-20-15(17-13)16(9-5-2-6-10-16)12-7-3-1-4-8-12/h1,3-4,7-8,11H,2,5-6,9-10H2,(H,18,19). The summed E-state index contributed by atoms with van der Waals surface area (Å²) in [5.74, 6) is -0.938. The van der Waals surface area contributed by atoms with Gasteiger partial charge < -0.3 is 5.11 Å². The molecule has 1 N–H and O–H groups in total. The minimum Gasteiger partial charge on any atom is -0.476 e. The van der Waals surface area contributed by atoms with Crippen LogP contribution in [0.15, 0.2) is 35.7 Å². The molecule has 1 fully saturated rings. The summed E-state index contributed by atoms with van der Waals surface area (Å²) in [6.45, 7) is 0. The highest BCUT2D eigenvalue weighted by molar-refractivity contribution is 7.10. The van der Waals surface area contributed by atoms with Crippen LogP contribution >= 0.6 is 11.3 Å². The third-order valence-corrected chi connectivity index (χ3v) is 5.21. The maximum atomic E-state index is 11.1. The largest absolute Gasteiger partial charge is 0.476 e. The lowest BCUT2D eigenvalue weighted by Gasteiger charge is -2.36. The smallest absolute Gasteiger partial charge is 0.355 e. The van der Waals surface area contributed by atoms with Crippen LogP contribution < -0.4 is 0 Å². The van der Waals surface area contributed by atoms with E-state index in [4.69, 9.17) is 5.11 Å². The van der Waals surface area contributed by atoms with Crippen LogP contribution in [0.4, 0.5) is 0 Å². The molecule has 20 heavy (non-hydrogen) atoms. The Morgan fingerprint density at radius 2 is 1.85 bits per heavy atom. The maximum Gasteiger partial charge on any atom is 0.355 e. The molecule has 1 aliphatic rings. The van der Waals surface area contributed by atoms with Gasteiger partial charge in [-0.05, 0) is 18.4 Å². The van der Waals surface area contributed by atoms with Gasteiger partial charge in [-0.15, -0.1) is 11.3 Å². The number of thiazole rings is 1. The molecule has 1 heterocycles. The minimum atomic E-state index is -0.938. The lowest BCUT2D eigenvalue weighted by molar-refractivity contribution is 0.0691. The normalized spacial score (nSPS) is 17.8. The lowest BCUT2D eigenvalue weighted by Crippen LogP contribution is -2.30. The molecule has 0 amide bonds. The second kappa shape index (κ2) is 5.37. The third kappa shape index (κ3) is 2.24. The van der Waals surface area contributed by atoms with Crippen LogP contribution in [0.5, 0.6) is 0 Å². The fourth-order valence-corrected chi connectivity index (χ4v) is 4.21. The van der Waals surface area contributed by atoms with E-state index >= 15 is 0 Å². The van der Waals surface area contributed by atoms with Gasteiger partial charge >= 0.3 is 5.97 Å². The van der Waals surface area contributed by atoms with Crippen molar-refractivity contribution in [2.45, 2.75) is 37.5 Å². The number of carboxylic acids is 1. The SMILES string of the molecule is O=C(O)c1csc(C2(c3ccccc3)CCCCC2)n1. The number of nitrogens with zero attached hydrogens (tertiary/aromatic N) is 1. The predicted molar refractivity (Wildman–Crippen MR) is 79.4 cm³/mol. The molecule has 3 nitrogen and oxygen atoms in total. The van der Waals surface area contributed by atoms with Crippen molar-refractivity contribution in [2.75, 3.05) is 0 Å². The molecule has 0 saturated heterocycles. The Bertz CT molecular complexity index is 600. The molecule has 1 aromatic carbocycles. The van der Waals surface area contributed by atoms with Crippen molar-refractivity contribution in [1.29, 1.82) is 0 Å². The maximum absolute atomic E-state index is 11.1. The van der Waals surface area contributed by atoms with Gasteiger partial charge in [0, 0.05) is 10.8 Å². The Labute approximate surface area is 122 Å². The van der Waals surface area contributed by atoms with Crippen LogP contribution in [0.25, 0.3) is 0 Å². The molecule has 2 aromatic rings. The highest BCUT2D eigenvalue weighted by Crippen LogP contribution is 2.45. The lowest BCUT2D eigenvalue weighted by atomic mass is 9.70. The van der Waals surface area contributed by atoms with E-state index in [1.165, 1.54) is 36.2 Å². The number of aromatic carboxylic acids is 1. The summed E-state index contributed by atoms with van der Waals surface area (Å²) in [5, 5.41) is 11.7. The van der Waals surface area contributed by atoms with E-state index in [0.29, 0.717) is 0 Å². The summed E-state index contributed by atoms with van der Waals surface area (Å²) in [7, 11) is 0. The fourth-order valence-electron chi connectivity index (χ4n) is 3.13. The van der Waals surface area contributed by atoms with Gasteiger partial charge in [0.1, 0.15) is 5.01 Å². The molecule has 0 bridgehead atoms. The predicted octanol–water partition coefficient (Wildman–Crippen LogP) is 4.09. The third-order valence-electron chi connectivity index (χ3n) is 4.17. The highest BCUT2D eigenvalue weighted by atomic mass is 32.1. The number of carboxylic acid groups (broad SMARTS) is 1. The zero-order chi connectivity index (χ0) is 14.0. The Morgan fingerprint density at radius 3 is 2.45 bits per heavy atom. The number of aromatic nitrogens is 1. The van der Waals surface area contributed by atoms with Gasteiger partial charge in [0.25, 0.3) is 0 Å². The fraction of sp³-hybridized carbons (Fsp3) is 0.375. The zero-order valence-corrected chi connectivity index (χ0v) is 12.0. The molecule has 0 radical (unpaired) electrons. The zero-order valence-electron chi connectivity index (χ0n) is 11.2. The van der Waals surface area contributed by atoms with E-state index in [9.17, 15) is 4.79 Å². The van der Waals surface area contributed by atoms with Crippen LogP contribution in [0.3, 0.4) is 0 Å². The number of benzene rings is 1. The van der Waals surface area contributed by atoms with Gasteiger partial charge in [0.15, 0.2) is 5.69 Å². The van der Waals surface area contributed by atoms with Crippen molar-refractivity contribution in [1.82, 2.24) is 4.98 Å². The quantitative estimate of drug-likeness (QED) is 0.925. The number of hydrogen-bond acceptors (Lipinski definition) is 3. The van der Waals surface area contributed by atoms with E-state index < -0.39 is 5.97 Å². The van der Waals surface area contributed by atoms with Gasteiger partial charge in [0.05, 0.1) is 0 Å². The first-order valence-corrected chi connectivity index (χ1v) is 7.85. The molecule has 0 unspecified atom stereocenters. The van der Waals surface area contributed by atoms with E-state index in [1.54, 1.807) is 5.38 Å². The first kappa shape index (κ1) is 13.3.